The van der Waals surface area contributed by atoms with Gasteiger partial charge in [-0.15, -0.1) is 0 Å². The number of ether oxygens (including phenoxy) is 2. The van der Waals surface area contributed by atoms with Gasteiger partial charge < -0.3 is 19.9 Å². The average molecular weight is 374 g/mol. The standard InChI is InChI=1S/C14H26N4O6Si/c1-11-12(18(21)22)13(24-7-5-6-15-14(19)20)17(16-11)10-23-8-9-25(2,3)4/h15H,5-10H2,1-4H3,(H,19,20). The van der Waals surface area contributed by atoms with Crippen LogP contribution in [0.25, 0.3) is 0 Å². The fourth-order valence-corrected chi connectivity index (χ4v) is 2.71. The zero-order chi connectivity index (χ0) is 19.0. The van der Waals surface area contributed by atoms with Gasteiger partial charge in [-0.25, -0.2) is 9.48 Å². The highest BCUT2D eigenvalue weighted by molar-refractivity contribution is 6.76. The van der Waals surface area contributed by atoms with Gasteiger partial charge in [-0.1, -0.05) is 19.6 Å². The SMILES string of the molecule is Cc1nn(COCC[Si](C)(C)C)c(OCCCNC(=O)O)c1[N+](=O)[O-]. The molecule has 10 nitrogen and oxygen atoms in total. The maximum absolute atomic E-state index is 11.2. The van der Waals surface area contributed by atoms with Gasteiger partial charge in [0.15, 0.2) is 0 Å². The number of hydrogen-bond donors (Lipinski definition) is 2. The van der Waals surface area contributed by atoms with Crippen LogP contribution in [0.15, 0.2) is 0 Å². The van der Waals surface area contributed by atoms with Crippen molar-refractivity contribution < 1.29 is 24.3 Å². The van der Waals surface area contributed by atoms with Gasteiger partial charge in [-0.3, -0.25) is 10.1 Å². The second-order valence-corrected chi connectivity index (χ2v) is 12.4. The van der Waals surface area contributed by atoms with Gasteiger partial charge in [-0.2, -0.15) is 5.10 Å². The topological polar surface area (TPSA) is 129 Å². The van der Waals surface area contributed by atoms with Crippen LogP contribution in [0, 0.1) is 17.0 Å². The van der Waals surface area contributed by atoms with Gasteiger partial charge in [0.2, 0.25) is 0 Å². The Morgan fingerprint density at radius 1 is 1.40 bits per heavy atom. The number of aromatic nitrogens is 2. The molecule has 0 aromatic carbocycles. The Labute approximate surface area is 147 Å². The van der Waals surface area contributed by atoms with Crippen LogP contribution in [-0.2, 0) is 11.5 Å². The van der Waals surface area contributed by atoms with E-state index < -0.39 is 19.1 Å². The third-order valence-electron chi connectivity index (χ3n) is 3.28. The summed E-state index contributed by atoms with van der Waals surface area (Å²) in [6, 6.07) is 0.979. The summed E-state index contributed by atoms with van der Waals surface area (Å²) in [4.78, 5) is 21.1. The summed E-state index contributed by atoms with van der Waals surface area (Å²) >= 11 is 0. The van der Waals surface area contributed by atoms with Crippen LogP contribution in [0.4, 0.5) is 10.5 Å². The van der Waals surface area contributed by atoms with Gasteiger partial charge >= 0.3 is 11.8 Å². The summed E-state index contributed by atoms with van der Waals surface area (Å²) in [6.07, 6.45) is -0.743. The molecule has 0 bridgehead atoms. The molecule has 0 radical (unpaired) electrons. The zero-order valence-corrected chi connectivity index (χ0v) is 16.1. The zero-order valence-electron chi connectivity index (χ0n) is 15.1. The first kappa shape index (κ1) is 20.9. The van der Waals surface area contributed by atoms with E-state index in [0.29, 0.717) is 13.0 Å². The Balaban J connectivity index is 2.68. The third kappa shape index (κ3) is 7.52. The summed E-state index contributed by atoms with van der Waals surface area (Å²) in [6.45, 7) is 9.20. The van der Waals surface area contributed by atoms with Crippen LogP contribution >= 0.6 is 0 Å². The minimum Gasteiger partial charge on any atom is -0.473 e. The highest BCUT2D eigenvalue weighted by Crippen LogP contribution is 2.30. The van der Waals surface area contributed by atoms with E-state index in [2.05, 4.69) is 30.1 Å². The average Bonchev–Trinajstić information content (AvgIpc) is 2.78. The Kier molecular flexibility index (Phi) is 7.83. The van der Waals surface area contributed by atoms with E-state index in [9.17, 15) is 14.9 Å². The number of hydrogen-bond acceptors (Lipinski definition) is 6. The van der Waals surface area contributed by atoms with E-state index in [0.717, 1.165) is 6.04 Å². The maximum Gasteiger partial charge on any atom is 0.404 e. The molecule has 0 saturated heterocycles. The molecule has 0 aliphatic heterocycles. The molecule has 142 valence electrons. The van der Waals surface area contributed by atoms with E-state index >= 15 is 0 Å². The third-order valence-corrected chi connectivity index (χ3v) is 4.98. The van der Waals surface area contributed by atoms with Gasteiger partial charge in [0.05, 0.1) is 11.5 Å². The van der Waals surface area contributed by atoms with Crippen molar-refractivity contribution in [3.8, 4) is 5.88 Å². The number of rotatable bonds is 11. The normalized spacial score (nSPS) is 11.4. The van der Waals surface area contributed by atoms with Crippen LogP contribution in [-0.4, -0.2) is 53.7 Å². The van der Waals surface area contributed by atoms with Crippen LogP contribution in [0.2, 0.25) is 25.7 Å². The predicted octanol–water partition coefficient (Wildman–Crippen LogP) is 2.45. The summed E-state index contributed by atoms with van der Waals surface area (Å²) in [7, 11) is -1.22. The lowest BCUT2D eigenvalue weighted by atomic mass is 10.4. The lowest BCUT2D eigenvalue weighted by Gasteiger charge is -2.15. The van der Waals surface area contributed by atoms with Crippen molar-refractivity contribution in [3.05, 3.63) is 15.8 Å². The molecule has 0 atom stereocenters. The van der Waals surface area contributed by atoms with E-state index in [1.54, 1.807) is 0 Å². The Morgan fingerprint density at radius 3 is 2.64 bits per heavy atom. The first-order valence-corrected chi connectivity index (χ1v) is 11.7. The highest BCUT2D eigenvalue weighted by Gasteiger charge is 2.27. The molecule has 1 amide bonds. The molecule has 1 heterocycles. The lowest BCUT2D eigenvalue weighted by molar-refractivity contribution is -0.386. The van der Waals surface area contributed by atoms with Crippen LogP contribution in [0.1, 0.15) is 12.1 Å². The largest absolute Gasteiger partial charge is 0.473 e. The number of amides is 1. The molecule has 25 heavy (non-hydrogen) atoms. The lowest BCUT2D eigenvalue weighted by Crippen LogP contribution is -2.23. The van der Waals surface area contributed by atoms with Crippen LogP contribution < -0.4 is 10.1 Å². The van der Waals surface area contributed by atoms with Crippen LogP contribution in [0.5, 0.6) is 5.88 Å². The monoisotopic (exact) mass is 374 g/mol. The summed E-state index contributed by atoms with van der Waals surface area (Å²) < 4.78 is 12.4. The number of nitro groups is 1. The number of carbonyl (C=O) groups is 1. The van der Waals surface area contributed by atoms with E-state index in [1.165, 1.54) is 11.6 Å². The first-order valence-electron chi connectivity index (χ1n) is 8.01. The molecular formula is C14H26N4O6Si. The fourth-order valence-electron chi connectivity index (χ4n) is 1.96. The quantitative estimate of drug-likeness (QED) is 0.263. The fraction of sp³-hybridized carbons (Fsp3) is 0.714. The second kappa shape index (κ2) is 9.37. The summed E-state index contributed by atoms with van der Waals surface area (Å²) in [5.41, 5.74) is 0.0532. The van der Waals surface area contributed by atoms with Crippen molar-refractivity contribution in [3.63, 3.8) is 0 Å². The van der Waals surface area contributed by atoms with Crippen molar-refractivity contribution in [2.24, 2.45) is 0 Å². The van der Waals surface area contributed by atoms with Crippen molar-refractivity contribution >= 4 is 19.9 Å². The molecular weight excluding hydrogens is 348 g/mol. The molecule has 0 aliphatic carbocycles. The highest BCUT2D eigenvalue weighted by atomic mass is 28.3. The van der Waals surface area contributed by atoms with Crippen molar-refractivity contribution in [2.75, 3.05) is 19.8 Å². The number of carboxylic acid groups (broad SMARTS) is 1. The Morgan fingerprint density at radius 2 is 2.08 bits per heavy atom. The van der Waals surface area contributed by atoms with Gasteiger partial charge in [0, 0.05) is 21.2 Å². The minimum atomic E-state index is -1.22. The van der Waals surface area contributed by atoms with Crippen molar-refractivity contribution in [2.45, 2.75) is 45.8 Å². The molecule has 2 N–H and O–H groups in total. The number of nitrogens with one attached hydrogen (secondary N) is 1. The maximum atomic E-state index is 11.2. The Hall–Kier alpha value is -2.14. The van der Waals surface area contributed by atoms with Crippen molar-refractivity contribution in [1.29, 1.82) is 0 Å². The van der Waals surface area contributed by atoms with E-state index in [-0.39, 0.29) is 37.1 Å². The first-order chi connectivity index (χ1) is 11.6. The van der Waals surface area contributed by atoms with Gasteiger partial charge in [0.1, 0.15) is 12.4 Å². The summed E-state index contributed by atoms with van der Waals surface area (Å²) in [5.74, 6) is 0.0332. The molecule has 0 unspecified atom stereocenters. The predicted molar refractivity (Wildman–Crippen MR) is 93.9 cm³/mol. The Bertz CT molecular complexity index is 599. The molecule has 11 heteroatoms. The summed E-state index contributed by atoms with van der Waals surface area (Å²) in [5, 5.41) is 26.1. The van der Waals surface area contributed by atoms with Gasteiger partial charge in [0.25, 0.3) is 5.88 Å². The number of aryl methyl sites for hydroxylation is 1. The van der Waals surface area contributed by atoms with E-state index in [4.69, 9.17) is 14.6 Å². The molecule has 1 aromatic heterocycles. The number of nitrogens with zero attached hydrogens (tertiary/aromatic N) is 3. The van der Waals surface area contributed by atoms with E-state index in [1.807, 2.05) is 0 Å². The smallest absolute Gasteiger partial charge is 0.404 e. The van der Waals surface area contributed by atoms with Crippen LogP contribution in [0.3, 0.4) is 0 Å². The molecule has 0 spiro atoms. The second-order valence-electron chi connectivity index (χ2n) is 6.78. The molecule has 1 aromatic rings. The molecule has 0 aliphatic rings. The molecule has 0 fully saturated rings. The minimum absolute atomic E-state index is 0.0332. The molecule has 0 saturated carbocycles. The molecule has 1 rings (SSSR count). The van der Waals surface area contributed by atoms with Crippen molar-refractivity contribution in [1.82, 2.24) is 15.1 Å². The van der Waals surface area contributed by atoms with Gasteiger partial charge in [-0.05, 0) is 19.4 Å².